The van der Waals surface area contributed by atoms with Gasteiger partial charge < -0.3 is 25.9 Å². The zero-order valence-electron chi connectivity index (χ0n) is 18.3. The molecule has 0 spiro atoms. The highest BCUT2D eigenvalue weighted by molar-refractivity contribution is 5.95. The van der Waals surface area contributed by atoms with Crippen LogP contribution >= 0.6 is 0 Å². The second-order valence-electron chi connectivity index (χ2n) is 8.78. The molecule has 0 bridgehead atoms. The van der Waals surface area contributed by atoms with Crippen LogP contribution in [0.1, 0.15) is 38.2 Å². The molecule has 1 fully saturated rings. The number of allylic oxidation sites excluding steroid dienone is 3. The number of hydrogen-bond donors (Lipinski definition) is 5. The van der Waals surface area contributed by atoms with Crippen molar-refractivity contribution in [2.24, 2.45) is 11.7 Å². The molecule has 9 heteroatoms. The van der Waals surface area contributed by atoms with E-state index in [1.54, 1.807) is 6.20 Å². The van der Waals surface area contributed by atoms with E-state index in [1.807, 2.05) is 32.1 Å². The van der Waals surface area contributed by atoms with Crippen LogP contribution in [0, 0.1) is 5.92 Å². The lowest BCUT2D eigenvalue weighted by molar-refractivity contribution is -0.138. The van der Waals surface area contributed by atoms with Gasteiger partial charge in [0.2, 0.25) is 0 Å². The van der Waals surface area contributed by atoms with Crippen molar-refractivity contribution >= 4 is 11.8 Å². The molecule has 31 heavy (non-hydrogen) atoms. The molecular weight excluding hydrogens is 396 g/mol. The molecule has 3 aliphatic rings. The molecule has 1 aliphatic carbocycles. The largest absolute Gasteiger partial charge is 0.463 e. The number of fused-ring (bicyclic) bond motifs is 1. The Labute approximate surface area is 182 Å². The number of anilines is 1. The number of rotatable bonds is 5. The van der Waals surface area contributed by atoms with Crippen molar-refractivity contribution in [2.45, 2.75) is 44.2 Å². The van der Waals surface area contributed by atoms with E-state index < -0.39 is 17.5 Å². The van der Waals surface area contributed by atoms with Crippen molar-refractivity contribution < 1.29 is 14.7 Å². The topological polar surface area (TPSA) is 129 Å². The van der Waals surface area contributed by atoms with Crippen LogP contribution in [-0.4, -0.2) is 64.6 Å². The van der Waals surface area contributed by atoms with E-state index in [0.29, 0.717) is 5.57 Å². The third-order valence-corrected chi connectivity index (χ3v) is 6.74. The Kier molecular flexibility index (Phi) is 6.02. The quantitative estimate of drug-likeness (QED) is 0.354. The normalized spacial score (nSPS) is 29.4. The van der Waals surface area contributed by atoms with Gasteiger partial charge in [0, 0.05) is 23.1 Å². The fraction of sp³-hybridized carbons (Fsp3) is 0.545. The van der Waals surface area contributed by atoms with E-state index in [4.69, 9.17) is 10.5 Å². The first-order valence-corrected chi connectivity index (χ1v) is 10.9. The number of nitrogens with zero attached hydrogens (tertiary/aromatic N) is 2. The third kappa shape index (κ3) is 3.82. The Balaban J connectivity index is 1.87. The number of piperidine rings is 1. The summed E-state index contributed by atoms with van der Waals surface area (Å²) in [5.41, 5.74) is 11.2. The molecular formula is C22H32N6O3. The van der Waals surface area contributed by atoms with Crippen LogP contribution in [0.15, 0.2) is 41.3 Å². The standard InChI is InChI=1S/C22H32N6O3/c1-4-31-21(29)18-17(15-6-5-7-16(27-30)22(15,2)23)14-12-24-26-20(14)25-19(18)13-8-10-28(3)11-9-13/h5-7,12-13,16-17,27,30H,4,8-11,23H2,1-3H3,(H2,24,25,26). The van der Waals surface area contributed by atoms with E-state index in [9.17, 15) is 10.0 Å². The van der Waals surface area contributed by atoms with Crippen LogP contribution < -0.4 is 16.5 Å². The Morgan fingerprint density at radius 1 is 1.45 bits per heavy atom. The predicted octanol–water partition coefficient (Wildman–Crippen LogP) is 1.64. The summed E-state index contributed by atoms with van der Waals surface area (Å²) in [6, 6.07) is -0.493. The Morgan fingerprint density at radius 3 is 2.87 bits per heavy atom. The lowest BCUT2D eigenvalue weighted by atomic mass is 9.69. The van der Waals surface area contributed by atoms with Crippen molar-refractivity contribution in [3.63, 3.8) is 0 Å². The van der Waals surface area contributed by atoms with Gasteiger partial charge in [-0.05, 0) is 52.4 Å². The van der Waals surface area contributed by atoms with Gasteiger partial charge in [0.05, 0.1) is 30.0 Å². The smallest absolute Gasteiger partial charge is 0.336 e. The van der Waals surface area contributed by atoms with E-state index >= 15 is 0 Å². The minimum Gasteiger partial charge on any atom is -0.463 e. The monoisotopic (exact) mass is 428 g/mol. The molecule has 4 rings (SSSR count). The van der Waals surface area contributed by atoms with Crippen molar-refractivity contribution in [3.8, 4) is 0 Å². The van der Waals surface area contributed by atoms with Crippen LogP contribution in [-0.2, 0) is 9.53 Å². The van der Waals surface area contributed by atoms with Crippen LogP contribution in [0.25, 0.3) is 0 Å². The summed E-state index contributed by atoms with van der Waals surface area (Å²) < 4.78 is 5.53. The highest BCUT2D eigenvalue weighted by Crippen LogP contribution is 2.48. The Morgan fingerprint density at radius 2 is 2.19 bits per heavy atom. The molecule has 2 aliphatic heterocycles. The van der Waals surface area contributed by atoms with Gasteiger partial charge in [0.1, 0.15) is 5.82 Å². The molecule has 0 saturated carbocycles. The maximum Gasteiger partial charge on any atom is 0.336 e. The SMILES string of the molecule is CCOC(=O)C1=C(C2CCN(C)CC2)Nc2[nH]ncc2C1C1=CC=CC(NO)C1(C)N. The summed E-state index contributed by atoms with van der Waals surface area (Å²) in [5.74, 6) is 0.192. The second kappa shape index (κ2) is 8.58. The average molecular weight is 429 g/mol. The third-order valence-electron chi connectivity index (χ3n) is 6.74. The van der Waals surface area contributed by atoms with Crippen LogP contribution in [0.5, 0.6) is 0 Å². The van der Waals surface area contributed by atoms with Crippen molar-refractivity contribution in [1.82, 2.24) is 20.6 Å². The van der Waals surface area contributed by atoms with Gasteiger partial charge in [-0.15, -0.1) is 0 Å². The van der Waals surface area contributed by atoms with Gasteiger partial charge in [-0.2, -0.15) is 10.6 Å². The number of likely N-dealkylation sites (tertiary alicyclic amines) is 1. The van der Waals surface area contributed by atoms with Crippen molar-refractivity contribution in [3.05, 3.63) is 46.8 Å². The molecule has 1 aromatic heterocycles. The molecule has 9 nitrogen and oxygen atoms in total. The number of hydroxylamine groups is 1. The molecule has 0 aromatic carbocycles. The van der Waals surface area contributed by atoms with Gasteiger partial charge in [-0.25, -0.2) is 4.79 Å². The van der Waals surface area contributed by atoms with E-state index in [0.717, 1.165) is 48.6 Å². The zero-order chi connectivity index (χ0) is 22.2. The molecule has 3 atom stereocenters. The Bertz CT molecular complexity index is 923. The molecule has 3 unspecified atom stereocenters. The number of nitrogens with one attached hydrogen (secondary N) is 3. The summed E-state index contributed by atoms with van der Waals surface area (Å²) in [7, 11) is 2.11. The first kappa shape index (κ1) is 21.8. The number of carbonyl (C=O) groups excluding carboxylic acids is 1. The fourth-order valence-corrected chi connectivity index (χ4v) is 4.92. The van der Waals surface area contributed by atoms with Gasteiger partial charge in [-0.1, -0.05) is 18.2 Å². The number of aromatic nitrogens is 2. The number of aromatic amines is 1. The van der Waals surface area contributed by atoms with Gasteiger partial charge in [0.25, 0.3) is 0 Å². The zero-order valence-corrected chi connectivity index (χ0v) is 18.3. The van der Waals surface area contributed by atoms with E-state index in [2.05, 4.69) is 32.9 Å². The minimum atomic E-state index is -0.935. The minimum absolute atomic E-state index is 0.199. The maximum absolute atomic E-state index is 13.4. The van der Waals surface area contributed by atoms with Crippen LogP contribution in [0.4, 0.5) is 5.82 Å². The number of esters is 1. The first-order chi connectivity index (χ1) is 14.9. The lowest BCUT2D eigenvalue weighted by Gasteiger charge is -2.42. The maximum atomic E-state index is 13.4. The summed E-state index contributed by atoms with van der Waals surface area (Å²) >= 11 is 0. The van der Waals surface area contributed by atoms with Gasteiger partial charge in [-0.3, -0.25) is 5.10 Å². The number of nitrogens with two attached hydrogens (primary N) is 1. The Hall–Kier alpha value is -2.46. The molecule has 1 aromatic rings. The molecule has 0 amide bonds. The number of ether oxygens (including phenoxy) is 1. The molecule has 3 heterocycles. The van der Waals surface area contributed by atoms with Crippen molar-refractivity contribution in [1.29, 1.82) is 0 Å². The predicted molar refractivity (Wildman–Crippen MR) is 117 cm³/mol. The van der Waals surface area contributed by atoms with E-state index in [-0.39, 0.29) is 18.5 Å². The summed E-state index contributed by atoms with van der Waals surface area (Å²) in [4.78, 5) is 15.6. The first-order valence-electron chi connectivity index (χ1n) is 10.9. The number of carbonyl (C=O) groups is 1. The number of H-pyrrole nitrogens is 1. The van der Waals surface area contributed by atoms with Gasteiger partial charge in [0.15, 0.2) is 0 Å². The van der Waals surface area contributed by atoms with Gasteiger partial charge >= 0.3 is 5.97 Å². The second-order valence-corrected chi connectivity index (χ2v) is 8.78. The molecule has 168 valence electrons. The van der Waals surface area contributed by atoms with Crippen LogP contribution in [0.2, 0.25) is 0 Å². The highest BCUT2D eigenvalue weighted by Gasteiger charge is 2.46. The molecule has 1 saturated heterocycles. The summed E-state index contributed by atoms with van der Waals surface area (Å²) in [5, 5.41) is 20.4. The summed E-state index contributed by atoms with van der Waals surface area (Å²) in [6.45, 7) is 5.87. The number of hydrogen-bond acceptors (Lipinski definition) is 8. The molecule has 6 N–H and O–H groups in total. The van der Waals surface area contributed by atoms with E-state index in [1.165, 1.54) is 0 Å². The molecule has 0 radical (unpaired) electrons. The lowest BCUT2D eigenvalue weighted by Crippen LogP contribution is -2.57. The highest BCUT2D eigenvalue weighted by atomic mass is 16.5. The fourth-order valence-electron chi connectivity index (χ4n) is 4.92. The average Bonchev–Trinajstić information content (AvgIpc) is 3.21. The van der Waals surface area contributed by atoms with Crippen LogP contribution in [0.3, 0.4) is 0 Å². The van der Waals surface area contributed by atoms with Crippen molar-refractivity contribution in [2.75, 3.05) is 32.1 Å². The summed E-state index contributed by atoms with van der Waals surface area (Å²) in [6.07, 6.45) is 9.22.